The SMILES string of the molecule is O=Cc1cccc(SCC(=O)NC2CCCCCC2)c1. The summed E-state index contributed by atoms with van der Waals surface area (Å²) in [6.45, 7) is 0. The number of hydrogen-bond donors (Lipinski definition) is 1. The lowest BCUT2D eigenvalue weighted by atomic mass is 10.1. The van der Waals surface area contributed by atoms with E-state index in [0.717, 1.165) is 24.0 Å². The van der Waals surface area contributed by atoms with E-state index in [1.54, 1.807) is 6.07 Å². The Balaban J connectivity index is 1.77. The first-order valence-electron chi connectivity index (χ1n) is 7.25. The van der Waals surface area contributed by atoms with Crippen molar-refractivity contribution in [2.24, 2.45) is 0 Å². The first-order valence-corrected chi connectivity index (χ1v) is 8.24. The molecule has 1 saturated carbocycles. The van der Waals surface area contributed by atoms with E-state index in [9.17, 15) is 9.59 Å². The third kappa shape index (κ3) is 5.00. The van der Waals surface area contributed by atoms with Crippen LogP contribution in [0.1, 0.15) is 48.9 Å². The maximum absolute atomic E-state index is 11.9. The van der Waals surface area contributed by atoms with Crippen LogP contribution in [0.5, 0.6) is 0 Å². The van der Waals surface area contributed by atoms with Gasteiger partial charge in [-0.2, -0.15) is 0 Å². The highest BCUT2D eigenvalue weighted by Gasteiger charge is 2.14. The molecule has 1 fully saturated rings. The summed E-state index contributed by atoms with van der Waals surface area (Å²) in [7, 11) is 0. The third-order valence-electron chi connectivity index (χ3n) is 3.58. The first kappa shape index (κ1) is 15.1. The summed E-state index contributed by atoms with van der Waals surface area (Å²) in [6.07, 6.45) is 8.07. The average molecular weight is 291 g/mol. The van der Waals surface area contributed by atoms with Gasteiger partial charge in [0.2, 0.25) is 5.91 Å². The Morgan fingerprint density at radius 3 is 2.70 bits per heavy atom. The number of benzene rings is 1. The number of amides is 1. The van der Waals surface area contributed by atoms with Gasteiger partial charge in [0.25, 0.3) is 0 Å². The summed E-state index contributed by atoms with van der Waals surface area (Å²) in [5, 5.41) is 3.13. The van der Waals surface area contributed by atoms with E-state index >= 15 is 0 Å². The van der Waals surface area contributed by atoms with Crippen molar-refractivity contribution in [2.75, 3.05) is 5.75 Å². The summed E-state index contributed by atoms with van der Waals surface area (Å²) in [6, 6.07) is 7.71. The molecule has 20 heavy (non-hydrogen) atoms. The van der Waals surface area contributed by atoms with Crippen LogP contribution in [-0.2, 0) is 4.79 Å². The van der Waals surface area contributed by atoms with Gasteiger partial charge in [-0.3, -0.25) is 9.59 Å². The molecule has 1 N–H and O–H groups in total. The van der Waals surface area contributed by atoms with E-state index in [0.29, 0.717) is 17.4 Å². The lowest BCUT2D eigenvalue weighted by Gasteiger charge is -2.15. The van der Waals surface area contributed by atoms with Gasteiger partial charge in [0.05, 0.1) is 5.75 Å². The Morgan fingerprint density at radius 2 is 2.00 bits per heavy atom. The van der Waals surface area contributed by atoms with E-state index in [2.05, 4.69) is 5.32 Å². The molecule has 0 spiro atoms. The number of hydrogen-bond acceptors (Lipinski definition) is 3. The molecule has 1 aliphatic rings. The summed E-state index contributed by atoms with van der Waals surface area (Å²) in [5.74, 6) is 0.511. The maximum Gasteiger partial charge on any atom is 0.230 e. The van der Waals surface area contributed by atoms with Crippen molar-refractivity contribution < 1.29 is 9.59 Å². The van der Waals surface area contributed by atoms with Gasteiger partial charge in [0, 0.05) is 16.5 Å². The second kappa shape index (κ2) is 8.10. The van der Waals surface area contributed by atoms with Crippen molar-refractivity contribution in [3.05, 3.63) is 29.8 Å². The molecule has 0 saturated heterocycles. The predicted molar refractivity (Wildman–Crippen MR) is 82.2 cm³/mol. The molecule has 0 unspecified atom stereocenters. The van der Waals surface area contributed by atoms with Crippen molar-refractivity contribution in [1.82, 2.24) is 5.32 Å². The largest absolute Gasteiger partial charge is 0.353 e. The maximum atomic E-state index is 11.9. The number of thioether (sulfide) groups is 1. The van der Waals surface area contributed by atoms with E-state index in [4.69, 9.17) is 0 Å². The highest BCUT2D eigenvalue weighted by Crippen LogP contribution is 2.20. The quantitative estimate of drug-likeness (QED) is 0.513. The zero-order valence-electron chi connectivity index (χ0n) is 11.6. The van der Waals surface area contributed by atoms with Crippen LogP contribution in [0.15, 0.2) is 29.2 Å². The molecule has 0 heterocycles. The van der Waals surface area contributed by atoms with Gasteiger partial charge in [0.1, 0.15) is 6.29 Å². The molecule has 2 rings (SSSR count). The molecule has 0 radical (unpaired) electrons. The van der Waals surface area contributed by atoms with Crippen LogP contribution in [0.2, 0.25) is 0 Å². The van der Waals surface area contributed by atoms with Crippen molar-refractivity contribution >= 4 is 24.0 Å². The lowest BCUT2D eigenvalue weighted by Crippen LogP contribution is -2.35. The number of aldehydes is 1. The minimum atomic E-state index is 0.0957. The first-order chi connectivity index (χ1) is 9.78. The van der Waals surface area contributed by atoms with Gasteiger partial charge in [-0.05, 0) is 25.0 Å². The Morgan fingerprint density at radius 1 is 1.25 bits per heavy atom. The van der Waals surface area contributed by atoms with Crippen LogP contribution in [0, 0.1) is 0 Å². The topological polar surface area (TPSA) is 46.2 Å². The molecule has 1 aromatic rings. The minimum absolute atomic E-state index is 0.0957. The van der Waals surface area contributed by atoms with Crippen LogP contribution in [0.3, 0.4) is 0 Å². The van der Waals surface area contributed by atoms with E-state index in [-0.39, 0.29) is 5.91 Å². The summed E-state index contributed by atoms with van der Waals surface area (Å²) < 4.78 is 0. The molecule has 3 nitrogen and oxygen atoms in total. The van der Waals surface area contributed by atoms with Gasteiger partial charge in [-0.15, -0.1) is 11.8 Å². The molecular formula is C16H21NO2S. The predicted octanol–water partition coefficient (Wildman–Crippen LogP) is 3.43. The number of carbonyl (C=O) groups excluding carboxylic acids is 2. The van der Waals surface area contributed by atoms with Gasteiger partial charge in [0.15, 0.2) is 0 Å². The Kier molecular flexibility index (Phi) is 6.12. The summed E-state index contributed by atoms with van der Waals surface area (Å²) >= 11 is 1.48. The summed E-state index contributed by atoms with van der Waals surface area (Å²) in [4.78, 5) is 23.6. The highest BCUT2D eigenvalue weighted by molar-refractivity contribution is 8.00. The second-order valence-electron chi connectivity index (χ2n) is 5.24. The fourth-order valence-electron chi connectivity index (χ4n) is 2.52. The monoisotopic (exact) mass is 291 g/mol. The molecule has 1 amide bonds. The molecule has 4 heteroatoms. The molecular weight excluding hydrogens is 270 g/mol. The number of carbonyl (C=O) groups is 2. The molecule has 108 valence electrons. The lowest BCUT2D eigenvalue weighted by molar-refractivity contribution is -0.119. The molecule has 1 aromatic carbocycles. The second-order valence-corrected chi connectivity index (χ2v) is 6.28. The normalized spacial score (nSPS) is 16.4. The molecule has 1 aliphatic carbocycles. The Labute approximate surface area is 124 Å². The van der Waals surface area contributed by atoms with Crippen molar-refractivity contribution in [2.45, 2.75) is 49.5 Å². The molecule has 0 aromatic heterocycles. The standard InChI is InChI=1S/C16H21NO2S/c18-11-13-6-5-9-15(10-13)20-12-16(19)17-14-7-3-1-2-4-8-14/h5-6,9-11,14H,1-4,7-8,12H2,(H,17,19). The van der Waals surface area contributed by atoms with Gasteiger partial charge < -0.3 is 5.32 Å². The molecule has 0 atom stereocenters. The van der Waals surface area contributed by atoms with E-state index in [1.807, 2.05) is 18.2 Å². The van der Waals surface area contributed by atoms with Crippen LogP contribution in [-0.4, -0.2) is 24.0 Å². The van der Waals surface area contributed by atoms with Crippen molar-refractivity contribution in [3.8, 4) is 0 Å². The zero-order chi connectivity index (χ0) is 14.2. The Bertz CT molecular complexity index is 454. The zero-order valence-corrected chi connectivity index (χ0v) is 12.5. The van der Waals surface area contributed by atoms with Crippen molar-refractivity contribution in [3.63, 3.8) is 0 Å². The summed E-state index contributed by atoms with van der Waals surface area (Å²) in [5.41, 5.74) is 0.652. The van der Waals surface area contributed by atoms with Gasteiger partial charge >= 0.3 is 0 Å². The van der Waals surface area contributed by atoms with Crippen molar-refractivity contribution in [1.29, 1.82) is 0 Å². The fraction of sp³-hybridized carbons (Fsp3) is 0.500. The molecule has 0 bridgehead atoms. The smallest absolute Gasteiger partial charge is 0.230 e. The highest BCUT2D eigenvalue weighted by atomic mass is 32.2. The van der Waals surface area contributed by atoms with E-state index < -0.39 is 0 Å². The average Bonchev–Trinajstić information content (AvgIpc) is 2.74. The van der Waals surface area contributed by atoms with Crippen LogP contribution >= 0.6 is 11.8 Å². The Hall–Kier alpha value is -1.29. The van der Waals surface area contributed by atoms with Crippen LogP contribution in [0.25, 0.3) is 0 Å². The van der Waals surface area contributed by atoms with Gasteiger partial charge in [-0.25, -0.2) is 0 Å². The van der Waals surface area contributed by atoms with Crippen LogP contribution in [0.4, 0.5) is 0 Å². The molecule has 0 aliphatic heterocycles. The minimum Gasteiger partial charge on any atom is -0.353 e. The third-order valence-corrected chi connectivity index (χ3v) is 4.58. The van der Waals surface area contributed by atoms with E-state index in [1.165, 1.54) is 37.4 Å². The fourth-order valence-corrected chi connectivity index (χ4v) is 3.29. The number of rotatable bonds is 5. The number of nitrogens with one attached hydrogen (secondary N) is 1. The van der Waals surface area contributed by atoms with Crippen LogP contribution < -0.4 is 5.32 Å². The van der Waals surface area contributed by atoms with Gasteiger partial charge in [-0.1, -0.05) is 37.8 Å².